The van der Waals surface area contributed by atoms with Crippen LogP contribution in [0.3, 0.4) is 0 Å². The molecular formula is C22H25N3O5S3. The minimum Gasteiger partial charge on any atom is -0.302 e. The first-order chi connectivity index (χ1) is 15.5. The number of benzene rings is 2. The highest BCUT2D eigenvalue weighted by Gasteiger charge is 2.32. The number of hydrogen-bond acceptors (Lipinski definition) is 7. The smallest absolute Gasteiger partial charge is 0.243 e. The van der Waals surface area contributed by atoms with Crippen molar-refractivity contribution < 1.29 is 21.6 Å². The van der Waals surface area contributed by atoms with Crippen molar-refractivity contribution in [1.82, 2.24) is 9.29 Å². The van der Waals surface area contributed by atoms with E-state index in [0.29, 0.717) is 18.0 Å². The Balaban J connectivity index is 1.43. The van der Waals surface area contributed by atoms with Crippen molar-refractivity contribution in [2.45, 2.75) is 36.5 Å². The largest absolute Gasteiger partial charge is 0.302 e. The van der Waals surface area contributed by atoms with Gasteiger partial charge in [0, 0.05) is 25.3 Å². The third-order valence-corrected chi connectivity index (χ3v) is 9.95. The second kappa shape index (κ2) is 8.79. The number of nitrogens with one attached hydrogen (secondary N) is 1. The van der Waals surface area contributed by atoms with Gasteiger partial charge in [0.05, 0.1) is 20.0 Å². The zero-order valence-electron chi connectivity index (χ0n) is 18.5. The van der Waals surface area contributed by atoms with Gasteiger partial charge in [-0.2, -0.15) is 4.31 Å². The van der Waals surface area contributed by atoms with Crippen LogP contribution in [0.5, 0.6) is 0 Å². The zero-order chi connectivity index (χ0) is 24.0. The number of amides is 1. The number of sulfone groups is 1. The average Bonchev–Trinajstić information content (AvgIpc) is 3.19. The summed E-state index contributed by atoms with van der Waals surface area (Å²) in [6.45, 7) is 4.39. The summed E-state index contributed by atoms with van der Waals surface area (Å²) in [7, 11) is -7.37. The molecule has 1 N–H and O–H groups in total. The Kier molecular flexibility index (Phi) is 6.34. The molecule has 2 aromatic carbocycles. The van der Waals surface area contributed by atoms with Crippen LogP contribution in [-0.2, 0) is 24.7 Å². The Morgan fingerprint density at radius 2 is 1.73 bits per heavy atom. The van der Waals surface area contributed by atoms with Crippen LogP contribution in [0.4, 0.5) is 5.13 Å². The van der Waals surface area contributed by atoms with Crippen molar-refractivity contribution in [2.75, 3.05) is 24.7 Å². The van der Waals surface area contributed by atoms with Crippen LogP contribution in [0, 0.1) is 19.8 Å². The summed E-state index contributed by atoms with van der Waals surface area (Å²) < 4.78 is 51.9. The van der Waals surface area contributed by atoms with E-state index in [4.69, 9.17) is 0 Å². The Bertz CT molecular complexity index is 1440. The number of sulfonamides is 1. The first-order valence-electron chi connectivity index (χ1n) is 10.4. The van der Waals surface area contributed by atoms with Gasteiger partial charge in [-0.15, -0.1) is 0 Å². The van der Waals surface area contributed by atoms with Crippen LogP contribution in [0.15, 0.2) is 46.2 Å². The van der Waals surface area contributed by atoms with E-state index < -0.39 is 19.9 Å². The summed E-state index contributed by atoms with van der Waals surface area (Å²) in [6.07, 6.45) is 1.79. The molecule has 2 heterocycles. The first-order valence-corrected chi connectivity index (χ1v) is 14.6. The van der Waals surface area contributed by atoms with Crippen LogP contribution >= 0.6 is 11.3 Å². The molecule has 176 valence electrons. The maximum Gasteiger partial charge on any atom is 0.243 e. The monoisotopic (exact) mass is 507 g/mol. The maximum atomic E-state index is 13.0. The van der Waals surface area contributed by atoms with Gasteiger partial charge in [0.25, 0.3) is 0 Å². The number of carbonyl (C=O) groups excluding carboxylic acids is 1. The van der Waals surface area contributed by atoms with Gasteiger partial charge in [0.2, 0.25) is 15.9 Å². The molecule has 0 aliphatic carbocycles. The minimum absolute atomic E-state index is 0.0425. The number of carbonyl (C=O) groups is 1. The molecular weight excluding hydrogens is 482 g/mol. The standard InChI is InChI=1S/C22H25N3O5S3/c1-14-7-8-19-20(15(14)2)23-22(31-19)24-21(26)16-9-11-25(12-10-16)33(29,30)18-6-4-5-17(13-18)32(3,27)28/h4-8,13,16H,9-12H2,1-3H3,(H,23,24,26). The molecule has 0 bridgehead atoms. The van der Waals surface area contributed by atoms with E-state index in [1.165, 1.54) is 39.9 Å². The van der Waals surface area contributed by atoms with E-state index in [9.17, 15) is 21.6 Å². The molecule has 33 heavy (non-hydrogen) atoms. The van der Waals surface area contributed by atoms with Gasteiger partial charge in [-0.1, -0.05) is 23.5 Å². The highest BCUT2D eigenvalue weighted by atomic mass is 32.2. The van der Waals surface area contributed by atoms with Crippen molar-refractivity contribution >= 4 is 52.5 Å². The second-order valence-electron chi connectivity index (χ2n) is 8.29. The highest BCUT2D eigenvalue weighted by Crippen LogP contribution is 2.31. The molecule has 1 aromatic heterocycles. The number of aryl methyl sites for hydroxylation is 2. The SMILES string of the molecule is Cc1ccc2sc(NC(=O)C3CCN(S(=O)(=O)c4cccc(S(C)(=O)=O)c4)CC3)nc2c1C. The summed E-state index contributed by atoms with van der Waals surface area (Å²) in [4.78, 5) is 17.3. The minimum atomic E-state index is -3.85. The normalized spacial score (nSPS) is 16.2. The van der Waals surface area contributed by atoms with Gasteiger partial charge in [-0.25, -0.2) is 21.8 Å². The van der Waals surface area contributed by atoms with Gasteiger partial charge in [0.15, 0.2) is 15.0 Å². The summed E-state index contributed by atoms with van der Waals surface area (Å²) in [6, 6.07) is 9.39. The predicted octanol–water partition coefficient (Wildman–Crippen LogP) is 3.36. The maximum absolute atomic E-state index is 13.0. The average molecular weight is 508 g/mol. The molecule has 1 amide bonds. The predicted molar refractivity (Wildman–Crippen MR) is 129 cm³/mol. The van der Waals surface area contributed by atoms with Gasteiger partial charge >= 0.3 is 0 Å². The van der Waals surface area contributed by atoms with E-state index in [1.807, 2.05) is 26.0 Å². The number of piperidine rings is 1. The van der Waals surface area contributed by atoms with Crippen molar-refractivity contribution in [3.8, 4) is 0 Å². The highest BCUT2D eigenvalue weighted by molar-refractivity contribution is 7.91. The topological polar surface area (TPSA) is 114 Å². The molecule has 3 aromatic rings. The van der Waals surface area contributed by atoms with Gasteiger partial charge < -0.3 is 5.32 Å². The molecule has 1 aliphatic rings. The lowest BCUT2D eigenvalue weighted by Gasteiger charge is -2.30. The number of nitrogens with zero attached hydrogens (tertiary/aromatic N) is 2. The fourth-order valence-electron chi connectivity index (χ4n) is 3.86. The van der Waals surface area contributed by atoms with E-state index in [-0.39, 0.29) is 34.7 Å². The van der Waals surface area contributed by atoms with Crippen molar-refractivity contribution in [1.29, 1.82) is 0 Å². The number of hydrogen-bond donors (Lipinski definition) is 1. The van der Waals surface area contributed by atoms with Crippen LogP contribution in [0.25, 0.3) is 10.2 Å². The molecule has 1 aliphatic heterocycles. The number of fused-ring (bicyclic) bond motifs is 1. The zero-order valence-corrected chi connectivity index (χ0v) is 21.0. The Labute approximate surface area is 197 Å². The first kappa shape index (κ1) is 23.8. The summed E-state index contributed by atoms with van der Waals surface area (Å²) in [5.74, 6) is -0.492. The molecule has 11 heteroatoms. The molecule has 0 spiro atoms. The number of thiazole rings is 1. The third-order valence-electron chi connectivity index (χ3n) is 6.01. The number of anilines is 1. The quantitative estimate of drug-likeness (QED) is 0.567. The van der Waals surface area contributed by atoms with Gasteiger partial charge in [-0.3, -0.25) is 4.79 Å². The lowest BCUT2D eigenvalue weighted by atomic mass is 9.97. The van der Waals surface area contributed by atoms with E-state index in [0.717, 1.165) is 27.6 Å². The molecule has 4 rings (SSSR count). The Morgan fingerprint density at radius 1 is 1.06 bits per heavy atom. The molecule has 0 radical (unpaired) electrons. The van der Waals surface area contributed by atoms with Crippen molar-refractivity contribution in [3.05, 3.63) is 47.5 Å². The van der Waals surface area contributed by atoms with E-state index in [2.05, 4.69) is 10.3 Å². The Morgan fingerprint density at radius 3 is 2.39 bits per heavy atom. The lowest BCUT2D eigenvalue weighted by Crippen LogP contribution is -2.41. The van der Waals surface area contributed by atoms with Crippen molar-refractivity contribution in [2.24, 2.45) is 5.92 Å². The van der Waals surface area contributed by atoms with Crippen LogP contribution in [0.2, 0.25) is 0 Å². The van der Waals surface area contributed by atoms with Crippen molar-refractivity contribution in [3.63, 3.8) is 0 Å². The molecule has 0 unspecified atom stereocenters. The van der Waals surface area contributed by atoms with Gasteiger partial charge in [0.1, 0.15) is 0 Å². The van der Waals surface area contributed by atoms with Gasteiger partial charge in [-0.05, 0) is 62.1 Å². The number of aromatic nitrogens is 1. The molecule has 1 fully saturated rings. The summed E-state index contributed by atoms with van der Waals surface area (Å²) in [5.41, 5.74) is 3.11. The molecule has 1 saturated heterocycles. The lowest BCUT2D eigenvalue weighted by molar-refractivity contribution is -0.120. The van der Waals surface area contributed by atoms with Crippen LogP contribution < -0.4 is 5.32 Å². The molecule has 0 atom stereocenters. The van der Waals surface area contributed by atoms with Crippen LogP contribution in [0.1, 0.15) is 24.0 Å². The van der Waals surface area contributed by atoms with Crippen LogP contribution in [-0.4, -0.2) is 51.4 Å². The Hall–Kier alpha value is -2.34. The summed E-state index contributed by atoms with van der Waals surface area (Å²) >= 11 is 1.42. The summed E-state index contributed by atoms with van der Waals surface area (Å²) in [5, 5.41) is 3.43. The molecule has 0 saturated carbocycles. The number of rotatable bonds is 5. The second-order valence-corrected chi connectivity index (χ2v) is 13.3. The van der Waals surface area contributed by atoms with E-state index in [1.54, 1.807) is 0 Å². The fraction of sp³-hybridized carbons (Fsp3) is 0.364. The van der Waals surface area contributed by atoms with E-state index >= 15 is 0 Å². The third kappa shape index (κ3) is 4.81. The molecule has 8 nitrogen and oxygen atoms in total. The fourth-order valence-corrected chi connectivity index (χ4v) is 7.05.